The van der Waals surface area contributed by atoms with Gasteiger partial charge < -0.3 is 14.6 Å². The summed E-state index contributed by atoms with van der Waals surface area (Å²) in [6, 6.07) is 7.24. The SMILES string of the molecule is CN1C(=O)C2(C3=C(CC(C)(C)CC3=O)Oc3[nH]c(=S)[nH]c(=O)c32)c2ccccc21. The molecular weight excluding hydrogens is 390 g/mol. The Balaban J connectivity index is 1.98. The molecule has 29 heavy (non-hydrogen) atoms. The number of likely N-dealkylation sites (N-methyl/N-ethyl adjacent to an activating group) is 1. The van der Waals surface area contributed by atoms with Crippen LogP contribution in [-0.2, 0) is 15.0 Å². The molecule has 1 amide bonds. The summed E-state index contributed by atoms with van der Waals surface area (Å²) >= 11 is 5.12. The average Bonchev–Trinajstić information content (AvgIpc) is 2.83. The van der Waals surface area contributed by atoms with Crippen LogP contribution in [-0.4, -0.2) is 28.7 Å². The van der Waals surface area contributed by atoms with Gasteiger partial charge in [0.15, 0.2) is 10.6 Å². The van der Waals surface area contributed by atoms with Crippen LogP contribution in [0.25, 0.3) is 0 Å². The highest BCUT2D eigenvalue weighted by Gasteiger charge is 2.62. The predicted molar refractivity (Wildman–Crippen MR) is 109 cm³/mol. The molecule has 0 saturated carbocycles. The number of ketones is 1. The molecule has 2 N–H and O–H groups in total. The summed E-state index contributed by atoms with van der Waals surface area (Å²) in [6.07, 6.45) is 0.744. The second kappa shape index (κ2) is 5.54. The molecule has 1 aromatic carbocycles. The second-order valence-corrected chi connectivity index (χ2v) is 8.99. The number of amides is 1. The zero-order valence-electron chi connectivity index (χ0n) is 16.2. The number of allylic oxidation sites excluding steroid dienone is 1. The van der Waals surface area contributed by atoms with Crippen molar-refractivity contribution in [3.8, 4) is 5.88 Å². The first-order chi connectivity index (χ1) is 13.7. The van der Waals surface area contributed by atoms with Crippen LogP contribution in [0.4, 0.5) is 5.69 Å². The normalized spacial score (nSPS) is 24.3. The molecule has 148 valence electrons. The number of carbonyl (C=O) groups excluding carboxylic acids is 2. The van der Waals surface area contributed by atoms with E-state index in [4.69, 9.17) is 17.0 Å². The standard InChI is InChI=1S/C21H19N3O4S/c1-20(2)8-12(25)14-13(9-20)28-17-15(16(26)22-19(29)23-17)21(14)10-6-4-5-7-11(10)24(3)18(21)27/h4-7H,8-9H2,1-3H3,(H2,22,23,26,29). The van der Waals surface area contributed by atoms with Gasteiger partial charge in [0.2, 0.25) is 11.8 Å². The van der Waals surface area contributed by atoms with Gasteiger partial charge in [-0.3, -0.25) is 19.4 Å². The molecule has 0 fully saturated rings. The van der Waals surface area contributed by atoms with Crippen molar-refractivity contribution < 1.29 is 14.3 Å². The zero-order valence-corrected chi connectivity index (χ0v) is 17.0. The summed E-state index contributed by atoms with van der Waals surface area (Å²) in [6.45, 7) is 3.97. The third-order valence-electron chi connectivity index (χ3n) is 6.01. The number of hydrogen-bond acceptors (Lipinski definition) is 5. The Kier molecular flexibility index (Phi) is 3.45. The smallest absolute Gasteiger partial charge is 0.260 e. The average molecular weight is 409 g/mol. The lowest BCUT2D eigenvalue weighted by molar-refractivity contribution is -0.125. The number of ether oxygens (including phenoxy) is 1. The summed E-state index contributed by atoms with van der Waals surface area (Å²) in [5.74, 6) is 0.0249. The van der Waals surface area contributed by atoms with Crippen LogP contribution < -0.4 is 15.2 Å². The van der Waals surface area contributed by atoms with Crippen molar-refractivity contribution in [3.05, 3.63) is 61.8 Å². The van der Waals surface area contributed by atoms with E-state index in [9.17, 15) is 14.4 Å². The molecule has 2 aromatic rings. The number of H-pyrrole nitrogens is 2. The molecule has 3 aliphatic rings. The van der Waals surface area contributed by atoms with Gasteiger partial charge in [-0.2, -0.15) is 0 Å². The van der Waals surface area contributed by atoms with Crippen LogP contribution in [0.3, 0.4) is 0 Å². The maximum atomic E-state index is 13.8. The second-order valence-electron chi connectivity index (χ2n) is 8.58. The van der Waals surface area contributed by atoms with E-state index in [1.54, 1.807) is 19.2 Å². The number of nitrogens with zero attached hydrogens (tertiary/aromatic N) is 1. The highest BCUT2D eigenvalue weighted by atomic mass is 32.1. The minimum atomic E-state index is -1.55. The van der Waals surface area contributed by atoms with Gasteiger partial charge in [0.1, 0.15) is 16.7 Å². The van der Waals surface area contributed by atoms with Crippen molar-refractivity contribution >= 4 is 29.6 Å². The first-order valence-electron chi connectivity index (χ1n) is 9.36. The fourth-order valence-corrected chi connectivity index (χ4v) is 5.13. The van der Waals surface area contributed by atoms with Crippen molar-refractivity contribution in [2.45, 2.75) is 32.1 Å². The minimum absolute atomic E-state index is 0.0831. The molecule has 0 saturated heterocycles. The lowest BCUT2D eigenvalue weighted by atomic mass is 9.62. The van der Waals surface area contributed by atoms with Gasteiger partial charge in [0.05, 0.1) is 5.57 Å². The maximum absolute atomic E-state index is 13.8. The van der Waals surface area contributed by atoms with Crippen LogP contribution in [0.1, 0.15) is 37.8 Å². The Labute approximate surface area is 171 Å². The number of fused-ring (bicyclic) bond motifs is 5. The Morgan fingerprint density at radius 3 is 2.59 bits per heavy atom. The molecule has 7 nitrogen and oxygen atoms in total. The van der Waals surface area contributed by atoms with Gasteiger partial charge in [-0.05, 0) is 23.7 Å². The third-order valence-corrected chi connectivity index (χ3v) is 6.22. The molecule has 1 atom stereocenters. The number of para-hydroxylation sites is 1. The summed E-state index contributed by atoms with van der Waals surface area (Å²) in [4.78, 5) is 47.2. The quantitative estimate of drug-likeness (QED) is 0.653. The Hall–Kier alpha value is -3.00. The van der Waals surface area contributed by atoms with E-state index < -0.39 is 11.0 Å². The number of benzene rings is 1. The van der Waals surface area contributed by atoms with Crippen molar-refractivity contribution in [1.82, 2.24) is 9.97 Å². The first kappa shape index (κ1) is 18.1. The van der Waals surface area contributed by atoms with Gasteiger partial charge in [-0.15, -0.1) is 0 Å². The number of aromatic nitrogens is 2. The van der Waals surface area contributed by atoms with Crippen LogP contribution in [0, 0.1) is 10.2 Å². The first-order valence-corrected chi connectivity index (χ1v) is 9.77. The van der Waals surface area contributed by atoms with Gasteiger partial charge in [-0.25, -0.2) is 0 Å². The van der Waals surface area contributed by atoms with E-state index in [1.165, 1.54) is 4.90 Å². The van der Waals surface area contributed by atoms with Crippen molar-refractivity contribution in [2.24, 2.45) is 5.41 Å². The highest BCUT2D eigenvalue weighted by molar-refractivity contribution is 7.71. The van der Waals surface area contributed by atoms with Crippen molar-refractivity contribution in [3.63, 3.8) is 0 Å². The fraction of sp³-hybridized carbons (Fsp3) is 0.333. The summed E-state index contributed by atoms with van der Waals surface area (Å²) in [5.41, 5.74) is -0.784. The van der Waals surface area contributed by atoms with E-state index in [1.807, 2.05) is 26.0 Å². The molecule has 8 heteroatoms. The van der Waals surface area contributed by atoms with Crippen LogP contribution in [0.15, 0.2) is 40.4 Å². The molecule has 1 aliphatic carbocycles. The number of hydrogen-bond donors (Lipinski definition) is 2. The van der Waals surface area contributed by atoms with Crippen LogP contribution in [0.2, 0.25) is 0 Å². The maximum Gasteiger partial charge on any atom is 0.260 e. The topological polar surface area (TPSA) is 95.3 Å². The van der Waals surface area contributed by atoms with E-state index in [0.29, 0.717) is 23.4 Å². The minimum Gasteiger partial charge on any atom is -0.444 e. The molecule has 3 heterocycles. The van der Waals surface area contributed by atoms with Crippen LogP contribution >= 0.6 is 12.2 Å². The molecule has 0 bridgehead atoms. The molecule has 2 aliphatic heterocycles. The summed E-state index contributed by atoms with van der Waals surface area (Å²) in [5, 5.41) is 0. The Morgan fingerprint density at radius 1 is 1.10 bits per heavy atom. The van der Waals surface area contributed by atoms with Crippen LogP contribution in [0.5, 0.6) is 5.88 Å². The lowest BCUT2D eigenvalue weighted by Gasteiger charge is -2.41. The Morgan fingerprint density at radius 2 is 1.83 bits per heavy atom. The number of carbonyl (C=O) groups is 2. The fourth-order valence-electron chi connectivity index (χ4n) is 4.94. The largest absolute Gasteiger partial charge is 0.444 e. The number of Topliss-reactive ketones (excluding diaryl/α,β-unsaturated/α-hetero) is 1. The molecule has 1 spiro atoms. The summed E-state index contributed by atoms with van der Waals surface area (Å²) in [7, 11) is 1.65. The Bertz CT molecular complexity index is 1270. The van der Waals surface area contributed by atoms with Gasteiger partial charge in [-0.1, -0.05) is 32.0 Å². The van der Waals surface area contributed by atoms with E-state index in [0.717, 1.165) is 0 Å². The van der Waals surface area contributed by atoms with Gasteiger partial charge in [0, 0.05) is 31.1 Å². The number of aromatic amines is 2. The van der Waals surface area contributed by atoms with E-state index in [-0.39, 0.29) is 45.3 Å². The highest BCUT2D eigenvalue weighted by Crippen LogP contribution is 2.57. The lowest BCUT2D eigenvalue weighted by Crippen LogP contribution is -2.51. The predicted octanol–water partition coefficient (Wildman–Crippen LogP) is 2.73. The monoisotopic (exact) mass is 409 g/mol. The number of nitrogens with one attached hydrogen (secondary N) is 2. The molecule has 1 unspecified atom stereocenters. The zero-order chi connectivity index (χ0) is 20.7. The molecule has 5 rings (SSSR count). The third kappa shape index (κ3) is 2.17. The molecule has 1 aromatic heterocycles. The van der Waals surface area contributed by atoms with E-state index in [2.05, 4.69) is 9.97 Å². The number of anilines is 1. The van der Waals surface area contributed by atoms with Crippen molar-refractivity contribution in [2.75, 3.05) is 11.9 Å². The molecular formula is C21H19N3O4S. The van der Waals surface area contributed by atoms with E-state index >= 15 is 0 Å². The molecule has 0 radical (unpaired) electrons. The van der Waals surface area contributed by atoms with Gasteiger partial charge in [0.25, 0.3) is 5.56 Å². The van der Waals surface area contributed by atoms with Gasteiger partial charge >= 0.3 is 0 Å². The summed E-state index contributed by atoms with van der Waals surface area (Å²) < 4.78 is 6.13. The van der Waals surface area contributed by atoms with Crippen molar-refractivity contribution in [1.29, 1.82) is 0 Å². The number of rotatable bonds is 0.